The fourth-order valence-corrected chi connectivity index (χ4v) is 1.95. The zero-order valence-electron chi connectivity index (χ0n) is 9.75. The van der Waals surface area contributed by atoms with Gasteiger partial charge in [-0.3, -0.25) is 0 Å². The maximum Gasteiger partial charge on any atom is 0.431 e. The first-order chi connectivity index (χ1) is 9.32. The molecule has 0 fully saturated rings. The fraction of sp³-hybridized carbons (Fsp3) is 0.0769. The molecule has 0 saturated carbocycles. The number of nitriles is 1. The molecule has 20 heavy (non-hydrogen) atoms. The second kappa shape index (κ2) is 5.06. The van der Waals surface area contributed by atoms with Gasteiger partial charge in [-0.2, -0.15) is 18.4 Å². The number of nitrogens with one attached hydrogen (secondary N) is 1. The lowest BCUT2D eigenvalue weighted by Crippen LogP contribution is -2.09. The van der Waals surface area contributed by atoms with Gasteiger partial charge >= 0.3 is 6.18 Å². The molecule has 1 heterocycles. The Morgan fingerprint density at radius 3 is 2.25 bits per heavy atom. The van der Waals surface area contributed by atoms with Crippen LogP contribution >= 0.6 is 12.2 Å². The lowest BCUT2D eigenvalue weighted by Gasteiger charge is -2.11. The van der Waals surface area contributed by atoms with Gasteiger partial charge in [0, 0.05) is 5.56 Å². The minimum absolute atomic E-state index is 0.0172. The number of aromatic nitrogens is 1. The molecule has 0 aliphatic rings. The average molecular weight is 298 g/mol. The summed E-state index contributed by atoms with van der Waals surface area (Å²) < 4.78 is 50.8. The van der Waals surface area contributed by atoms with Gasteiger partial charge in [-0.15, -0.1) is 0 Å². The zero-order chi connectivity index (χ0) is 14.9. The van der Waals surface area contributed by atoms with E-state index in [1.807, 2.05) is 4.98 Å². The van der Waals surface area contributed by atoms with Crippen LogP contribution in [0, 0.1) is 21.8 Å². The van der Waals surface area contributed by atoms with Gasteiger partial charge in [-0.25, -0.2) is 4.39 Å². The van der Waals surface area contributed by atoms with E-state index in [1.165, 1.54) is 12.1 Å². The third kappa shape index (κ3) is 2.70. The minimum atomic E-state index is -4.61. The number of H-pyrrole nitrogens is 1. The summed E-state index contributed by atoms with van der Waals surface area (Å²) in [7, 11) is 0. The van der Waals surface area contributed by atoms with Gasteiger partial charge in [-0.05, 0) is 23.8 Å². The lowest BCUT2D eigenvalue weighted by molar-refractivity contribution is -0.141. The van der Waals surface area contributed by atoms with Crippen molar-refractivity contribution in [2.45, 2.75) is 6.18 Å². The summed E-state index contributed by atoms with van der Waals surface area (Å²) in [5, 5.41) is 9.02. The molecule has 1 aromatic carbocycles. The Labute approximate surface area is 116 Å². The van der Waals surface area contributed by atoms with Crippen molar-refractivity contribution < 1.29 is 17.6 Å². The number of rotatable bonds is 1. The third-order valence-corrected chi connectivity index (χ3v) is 2.91. The van der Waals surface area contributed by atoms with Crippen molar-refractivity contribution >= 4 is 12.2 Å². The van der Waals surface area contributed by atoms with Gasteiger partial charge in [0.2, 0.25) is 0 Å². The molecule has 0 saturated heterocycles. The van der Waals surface area contributed by atoms with Crippen LogP contribution in [0.5, 0.6) is 0 Å². The Balaban J connectivity index is 2.74. The number of aromatic amines is 1. The van der Waals surface area contributed by atoms with E-state index in [0.29, 0.717) is 0 Å². The van der Waals surface area contributed by atoms with Gasteiger partial charge in [0.25, 0.3) is 0 Å². The van der Waals surface area contributed by atoms with Gasteiger partial charge in [0.15, 0.2) is 0 Å². The zero-order valence-corrected chi connectivity index (χ0v) is 10.6. The normalized spacial score (nSPS) is 11.2. The summed E-state index contributed by atoms with van der Waals surface area (Å²) in [6, 6.07) is 7.34. The van der Waals surface area contributed by atoms with Crippen molar-refractivity contribution in [3.63, 3.8) is 0 Å². The first-order valence-electron chi connectivity index (χ1n) is 5.33. The second-order valence-electron chi connectivity index (χ2n) is 3.92. The van der Waals surface area contributed by atoms with Gasteiger partial charge in [0.05, 0.1) is 5.56 Å². The van der Waals surface area contributed by atoms with E-state index in [0.717, 1.165) is 18.2 Å². The Hall–Kier alpha value is -2.20. The molecule has 2 aromatic rings. The van der Waals surface area contributed by atoms with Crippen LogP contribution in [0.15, 0.2) is 30.3 Å². The molecule has 2 rings (SSSR count). The number of nitrogens with zero attached hydrogens (tertiary/aromatic N) is 1. The molecular weight excluding hydrogens is 292 g/mol. The number of hydrogen-bond donors (Lipinski definition) is 1. The van der Waals surface area contributed by atoms with E-state index < -0.39 is 17.7 Å². The van der Waals surface area contributed by atoms with Crippen molar-refractivity contribution in [3.05, 3.63) is 52.0 Å². The van der Waals surface area contributed by atoms with Crippen molar-refractivity contribution in [1.29, 1.82) is 5.26 Å². The minimum Gasteiger partial charge on any atom is -0.341 e. The van der Waals surface area contributed by atoms with Crippen molar-refractivity contribution in [2.24, 2.45) is 0 Å². The van der Waals surface area contributed by atoms with Crippen LogP contribution in [0.4, 0.5) is 17.6 Å². The summed E-state index contributed by atoms with van der Waals surface area (Å²) >= 11 is 4.77. The maximum atomic E-state index is 12.9. The number of pyridine rings is 1. The first kappa shape index (κ1) is 14.2. The van der Waals surface area contributed by atoms with Crippen LogP contribution in [0.3, 0.4) is 0 Å². The fourth-order valence-electron chi connectivity index (χ4n) is 1.68. The lowest BCUT2D eigenvalue weighted by atomic mass is 10.0. The standard InChI is InChI=1S/C13H6F4N2S/c14-8-3-1-7(2-4-8)9-5-11(13(15,16)17)19-12(20)10(9)6-18/h1-5H,(H,19,20). The molecule has 0 radical (unpaired) electrons. The topological polar surface area (TPSA) is 39.6 Å². The molecule has 2 nitrogen and oxygen atoms in total. The molecule has 0 bridgehead atoms. The molecule has 1 aromatic heterocycles. The summed E-state index contributed by atoms with van der Waals surface area (Å²) in [6.07, 6.45) is -4.61. The first-order valence-corrected chi connectivity index (χ1v) is 5.74. The highest BCUT2D eigenvalue weighted by atomic mass is 32.1. The largest absolute Gasteiger partial charge is 0.431 e. The van der Waals surface area contributed by atoms with Crippen molar-refractivity contribution in [2.75, 3.05) is 0 Å². The van der Waals surface area contributed by atoms with E-state index in [4.69, 9.17) is 17.5 Å². The van der Waals surface area contributed by atoms with Crippen LogP contribution < -0.4 is 0 Å². The van der Waals surface area contributed by atoms with E-state index in [9.17, 15) is 17.6 Å². The second-order valence-corrected chi connectivity index (χ2v) is 4.33. The molecule has 0 aliphatic heterocycles. The highest BCUT2D eigenvalue weighted by Crippen LogP contribution is 2.32. The Kier molecular flexibility index (Phi) is 3.59. The van der Waals surface area contributed by atoms with E-state index in [-0.39, 0.29) is 21.3 Å². The molecule has 102 valence electrons. The smallest absolute Gasteiger partial charge is 0.341 e. The molecule has 0 aliphatic carbocycles. The van der Waals surface area contributed by atoms with E-state index in [1.54, 1.807) is 6.07 Å². The number of halogens is 4. The Bertz CT molecular complexity index is 739. The van der Waals surface area contributed by atoms with Crippen LogP contribution in [-0.2, 0) is 6.18 Å². The molecule has 1 N–H and O–H groups in total. The molecule has 0 atom stereocenters. The van der Waals surface area contributed by atoms with Crippen LogP contribution in [0.25, 0.3) is 11.1 Å². The molecule has 0 spiro atoms. The highest BCUT2D eigenvalue weighted by molar-refractivity contribution is 7.71. The van der Waals surface area contributed by atoms with Crippen LogP contribution in [-0.4, -0.2) is 4.98 Å². The highest BCUT2D eigenvalue weighted by Gasteiger charge is 2.32. The van der Waals surface area contributed by atoms with Gasteiger partial charge in [0.1, 0.15) is 22.2 Å². The number of alkyl halides is 3. The van der Waals surface area contributed by atoms with Crippen LogP contribution in [0.1, 0.15) is 11.3 Å². The van der Waals surface area contributed by atoms with E-state index in [2.05, 4.69) is 0 Å². The Morgan fingerprint density at radius 2 is 1.75 bits per heavy atom. The summed E-state index contributed by atoms with van der Waals surface area (Å²) in [5.74, 6) is -0.524. The molecule has 7 heteroatoms. The molecule has 0 amide bonds. The maximum absolute atomic E-state index is 12.9. The third-order valence-electron chi connectivity index (χ3n) is 2.61. The predicted molar refractivity (Wildman–Crippen MR) is 66.7 cm³/mol. The Morgan fingerprint density at radius 1 is 1.15 bits per heavy atom. The average Bonchev–Trinajstić information content (AvgIpc) is 2.37. The number of benzene rings is 1. The summed E-state index contributed by atoms with van der Waals surface area (Å²) in [6.45, 7) is 0. The van der Waals surface area contributed by atoms with E-state index >= 15 is 0 Å². The number of hydrogen-bond acceptors (Lipinski definition) is 2. The summed E-state index contributed by atoms with van der Waals surface area (Å²) in [5.41, 5.74) is -0.836. The summed E-state index contributed by atoms with van der Waals surface area (Å²) in [4.78, 5) is 1.98. The predicted octanol–water partition coefficient (Wildman–Crippen LogP) is 4.44. The quantitative estimate of drug-likeness (QED) is 0.624. The molecular formula is C13H6F4N2S. The van der Waals surface area contributed by atoms with Crippen LogP contribution in [0.2, 0.25) is 0 Å². The van der Waals surface area contributed by atoms with Crippen molar-refractivity contribution in [3.8, 4) is 17.2 Å². The van der Waals surface area contributed by atoms with Crippen molar-refractivity contribution in [1.82, 2.24) is 4.98 Å². The molecule has 0 unspecified atom stereocenters. The van der Waals surface area contributed by atoms with Gasteiger partial charge < -0.3 is 4.98 Å². The SMILES string of the molecule is N#Cc1c(-c2ccc(F)cc2)cc(C(F)(F)F)[nH]c1=S. The van der Waals surface area contributed by atoms with Gasteiger partial charge in [-0.1, -0.05) is 24.4 Å². The monoisotopic (exact) mass is 298 g/mol.